The van der Waals surface area contributed by atoms with Crippen LogP contribution in [-0.4, -0.2) is 23.1 Å². The molecule has 0 aromatic heterocycles. The lowest BCUT2D eigenvalue weighted by Gasteiger charge is -2.25. The summed E-state index contributed by atoms with van der Waals surface area (Å²) in [6.07, 6.45) is 6.99. The van der Waals surface area contributed by atoms with E-state index in [-0.39, 0.29) is 11.3 Å². The highest BCUT2D eigenvalue weighted by atomic mass is 35.5. The maximum absolute atomic E-state index is 12.6. The van der Waals surface area contributed by atoms with Gasteiger partial charge in [-0.15, -0.1) is 11.8 Å². The van der Waals surface area contributed by atoms with Gasteiger partial charge in [-0.1, -0.05) is 55.0 Å². The molecule has 3 rings (SSSR count). The van der Waals surface area contributed by atoms with Crippen LogP contribution >= 0.6 is 35.0 Å². The Kier molecular flexibility index (Phi) is 5.59. The highest BCUT2D eigenvalue weighted by Gasteiger charge is 2.32. The fraction of sp³-hybridized carbons (Fsp3) is 0.588. The monoisotopic (exact) mass is 357 g/mol. The molecule has 0 spiro atoms. The Morgan fingerprint density at radius 1 is 1.27 bits per heavy atom. The zero-order valence-electron chi connectivity index (χ0n) is 12.6. The first-order valence-electron chi connectivity index (χ1n) is 8.01. The lowest BCUT2D eigenvalue weighted by atomic mass is 10.0. The van der Waals surface area contributed by atoms with Crippen molar-refractivity contribution in [3.8, 4) is 0 Å². The van der Waals surface area contributed by atoms with Crippen molar-refractivity contribution in [2.75, 3.05) is 12.3 Å². The second-order valence-electron chi connectivity index (χ2n) is 6.17. The topological polar surface area (TPSA) is 20.3 Å². The number of thioether (sulfide) groups is 1. The van der Waals surface area contributed by atoms with Gasteiger partial charge in [-0.3, -0.25) is 4.79 Å². The highest BCUT2D eigenvalue weighted by molar-refractivity contribution is 7.99. The predicted molar refractivity (Wildman–Crippen MR) is 94.6 cm³/mol. The van der Waals surface area contributed by atoms with Crippen molar-refractivity contribution in [3.05, 3.63) is 33.8 Å². The van der Waals surface area contributed by atoms with Gasteiger partial charge in [0.05, 0.1) is 0 Å². The average molecular weight is 358 g/mol. The molecule has 1 saturated carbocycles. The van der Waals surface area contributed by atoms with E-state index in [1.807, 2.05) is 17.0 Å². The minimum Gasteiger partial charge on any atom is -0.326 e. The van der Waals surface area contributed by atoms with E-state index in [4.69, 9.17) is 23.2 Å². The van der Waals surface area contributed by atoms with Crippen LogP contribution in [0, 0.1) is 5.92 Å². The van der Waals surface area contributed by atoms with Crippen molar-refractivity contribution in [3.63, 3.8) is 0 Å². The fourth-order valence-electron chi connectivity index (χ4n) is 3.46. The number of amides is 1. The third-order valence-electron chi connectivity index (χ3n) is 4.68. The Hall–Kier alpha value is -0.380. The largest absolute Gasteiger partial charge is 0.326 e. The lowest BCUT2D eigenvalue weighted by molar-refractivity contribution is -0.131. The first kappa shape index (κ1) is 16.5. The summed E-state index contributed by atoms with van der Waals surface area (Å²) in [6.45, 7) is 0.817. The van der Waals surface area contributed by atoms with Crippen molar-refractivity contribution in [1.29, 1.82) is 0 Å². The van der Waals surface area contributed by atoms with E-state index in [0.717, 1.165) is 30.2 Å². The summed E-state index contributed by atoms with van der Waals surface area (Å²) in [7, 11) is 0. The van der Waals surface area contributed by atoms with Crippen LogP contribution in [0.2, 0.25) is 10.0 Å². The Bertz CT molecular complexity index is 545. The quantitative estimate of drug-likeness (QED) is 0.705. The van der Waals surface area contributed by atoms with Crippen LogP contribution in [-0.2, 0) is 4.79 Å². The third kappa shape index (κ3) is 3.74. The molecule has 1 atom stereocenters. The Morgan fingerprint density at radius 2 is 2.05 bits per heavy atom. The number of hydrogen-bond donors (Lipinski definition) is 0. The van der Waals surface area contributed by atoms with Crippen molar-refractivity contribution in [2.45, 2.75) is 43.9 Å². The van der Waals surface area contributed by atoms with Crippen molar-refractivity contribution < 1.29 is 4.79 Å². The molecule has 2 nitrogen and oxygen atoms in total. The van der Waals surface area contributed by atoms with Gasteiger partial charge in [0, 0.05) is 34.3 Å². The van der Waals surface area contributed by atoms with Crippen LogP contribution in [0.1, 0.15) is 49.5 Å². The molecule has 0 bridgehead atoms. The van der Waals surface area contributed by atoms with Gasteiger partial charge in [0.1, 0.15) is 5.37 Å². The molecule has 1 aromatic rings. The number of benzene rings is 1. The van der Waals surface area contributed by atoms with Crippen molar-refractivity contribution in [1.82, 2.24) is 4.90 Å². The van der Waals surface area contributed by atoms with Crippen molar-refractivity contribution in [2.24, 2.45) is 5.92 Å². The van der Waals surface area contributed by atoms with Crippen LogP contribution < -0.4 is 0 Å². The number of carbonyl (C=O) groups excluding carboxylic acids is 1. The maximum Gasteiger partial charge on any atom is 0.223 e. The first-order chi connectivity index (χ1) is 10.6. The van der Waals surface area contributed by atoms with Gasteiger partial charge >= 0.3 is 0 Å². The SMILES string of the molecule is O=C(CCC1CCCC1)N1CCS[C@@H]1c1ccc(Cl)cc1Cl. The molecular formula is C17H21Cl2NOS. The van der Waals surface area contributed by atoms with E-state index in [2.05, 4.69) is 0 Å². The smallest absolute Gasteiger partial charge is 0.223 e. The molecule has 1 saturated heterocycles. The summed E-state index contributed by atoms with van der Waals surface area (Å²) in [4.78, 5) is 14.6. The second kappa shape index (κ2) is 7.46. The third-order valence-corrected chi connectivity index (χ3v) is 6.49. The van der Waals surface area contributed by atoms with E-state index in [9.17, 15) is 4.79 Å². The minimum absolute atomic E-state index is 0.0424. The first-order valence-corrected chi connectivity index (χ1v) is 9.81. The fourth-order valence-corrected chi connectivity index (χ4v) is 5.35. The zero-order valence-corrected chi connectivity index (χ0v) is 14.9. The van der Waals surface area contributed by atoms with Crippen molar-refractivity contribution >= 4 is 40.9 Å². The summed E-state index contributed by atoms with van der Waals surface area (Å²) >= 11 is 14.1. The van der Waals surface area contributed by atoms with Gasteiger partial charge in [0.2, 0.25) is 5.91 Å². The molecule has 1 aromatic carbocycles. The second-order valence-corrected chi connectivity index (χ2v) is 8.20. The standard InChI is InChI=1S/C17H21Cl2NOS/c18-13-6-7-14(15(19)11-13)17-20(9-10-22-17)16(21)8-5-12-3-1-2-4-12/h6-7,11-12,17H,1-5,8-10H2/t17-/m1/s1. The van der Waals surface area contributed by atoms with Crippen LogP contribution in [0.3, 0.4) is 0 Å². The Labute approximate surface area is 146 Å². The van der Waals surface area contributed by atoms with Gasteiger partial charge in [-0.05, 0) is 24.5 Å². The molecule has 2 aliphatic rings. The van der Waals surface area contributed by atoms with Gasteiger partial charge in [-0.2, -0.15) is 0 Å². The van der Waals surface area contributed by atoms with E-state index in [1.165, 1.54) is 25.7 Å². The molecule has 2 fully saturated rings. The lowest BCUT2D eigenvalue weighted by Crippen LogP contribution is -2.30. The average Bonchev–Trinajstić information content (AvgIpc) is 3.16. The molecule has 22 heavy (non-hydrogen) atoms. The normalized spacial score (nSPS) is 22.5. The Morgan fingerprint density at radius 3 is 2.77 bits per heavy atom. The molecule has 5 heteroatoms. The number of carbonyl (C=O) groups is 1. The van der Waals surface area contributed by atoms with E-state index in [0.29, 0.717) is 16.5 Å². The maximum atomic E-state index is 12.6. The van der Waals surface area contributed by atoms with Crippen LogP contribution in [0.5, 0.6) is 0 Å². The van der Waals surface area contributed by atoms with Crippen LogP contribution in [0.4, 0.5) is 0 Å². The van der Waals surface area contributed by atoms with Gasteiger partial charge in [0.25, 0.3) is 0 Å². The summed E-state index contributed by atoms with van der Waals surface area (Å²) in [5, 5.41) is 1.33. The summed E-state index contributed by atoms with van der Waals surface area (Å²) in [6, 6.07) is 5.56. The van der Waals surface area contributed by atoms with Gasteiger partial charge in [-0.25, -0.2) is 0 Å². The summed E-state index contributed by atoms with van der Waals surface area (Å²) < 4.78 is 0. The van der Waals surface area contributed by atoms with Gasteiger partial charge in [0.15, 0.2) is 0 Å². The summed E-state index contributed by atoms with van der Waals surface area (Å²) in [5.74, 6) is 2.00. The molecule has 1 heterocycles. The predicted octanol–water partition coefficient (Wildman–Crippen LogP) is 5.54. The van der Waals surface area contributed by atoms with Crippen LogP contribution in [0.15, 0.2) is 18.2 Å². The van der Waals surface area contributed by atoms with E-state index >= 15 is 0 Å². The number of nitrogens with zero attached hydrogens (tertiary/aromatic N) is 1. The molecular weight excluding hydrogens is 337 g/mol. The minimum atomic E-state index is 0.0424. The number of halogens is 2. The zero-order chi connectivity index (χ0) is 15.5. The molecule has 120 valence electrons. The molecule has 0 N–H and O–H groups in total. The van der Waals surface area contributed by atoms with E-state index < -0.39 is 0 Å². The molecule has 0 unspecified atom stereocenters. The highest BCUT2D eigenvalue weighted by Crippen LogP contribution is 2.42. The Balaban J connectivity index is 1.65. The molecule has 1 aliphatic carbocycles. The number of rotatable bonds is 4. The number of hydrogen-bond acceptors (Lipinski definition) is 2. The van der Waals surface area contributed by atoms with E-state index in [1.54, 1.807) is 17.8 Å². The molecule has 1 amide bonds. The van der Waals surface area contributed by atoms with Gasteiger partial charge < -0.3 is 4.90 Å². The molecule has 1 aliphatic heterocycles. The summed E-state index contributed by atoms with van der Waals surface area (Å²) in [5.41, 5.74) is 1.00. The molecule has 0 radical (unpaired) electrons. The van der Waals surface area contributed by atoms with Crippen LogP contribution in [0.25, 0.3) is 0 Å².